The molecule has 1 N–H and O–H groups in total. The van der Waals surface area contributed by atoms with E-state index in [2.05, 4.69) is 15.3 Å². The third-order valence-electron chi connectivity index (χ3n) is 2.12. The minimum Gasteiger partial charge on any atom is -0.465 e. The largest absolute Gasteiger partial charge is 0.465 e. The number of hydrogen-bond acceptors (Lipinski definition) is 5. The second-order valence-corrected chi connectivity index (χ2v) is 4.95. The number of nitrogens with zero attached hydrogens (tertiary/aromatic N) is 1. The molecule has 0 bridgehead atoms. The van der Waals surface area contributed by atoms with Gasteiger partial charge in [0.1, 0.15) is 5.60 Å². The molecule has 0 aliphatic heterocycles. The van der Waals surface area contributed by atoms with E-state index < -0.39 is 17.7 Å². The molecule has 0 spiro atoms. The van der Waals surface area contributed by atoms with Crippen molar-refractivity contribution in [3.8, 4) is 0 Å². The maximum atomic E-state index is 11.5. The van der Waals surface area contributed by atoms with Gasteiger partial charge >= 0.3 is 12.1 Å². The molecule has 0 unspecified atom stereocenters. The van der Waals surface area contributed by atoms with E-state index >= 15 is 0 Å². The van der Waals surface area contributed by atoms with Gasteiger partial charge in [0, 0.05) is 5.56 Å². The molecule has 20 heavy (non-hydrogen) atoms. The predicted octanol–water partition coefficient (Wildman–Crippen LogP) is 2.33. The monoisotopic (exact) mass is 278 g/mol. The van der Waals surface area contributed by atoms with E-state index in [-0.39, 0.29) is 0 Å². The van der Waals surface area contributed by atoms with Gasteiger partial charge in [-0.3, -0.25) is 0 Å². The molecule has 0 atom stereocenters. The number of hydrazone groups is 1. The summed E-state index contributed by atoms with van der Waals surface area (Å²) in [6.07, 6.45) is 0.695. The first-order chi connectivity index (χ1) is 9.33. The lowest BCUT2D eigenvalue weighted by Gasteiger charge is -2.18. The highest BCUT2D eigenvalue weighted by Gasteiger charge is 2.15. The lowest BCUT2D eigenvalue weighted by molar-refractivity contribution is 0.0528. The van der Waals surface area contributed by atoms with Crippen LogP contribution < -0.4 is 5.43 Å². The number of amides is 1. The molecule has 1 amide bonds. The summed E-state index contributed by atoms with van der Waals surface area (Å²) in [5, 5.41) is 3.75. The van der Waals surface area contributed by atoms with Crippen molar-refractivity contribution in [3.05, 3.63) is 35.4 Å². The van der Waals surface area contributed by atoms with Gasteiger partial charge in [0.25, 0.3) is 0 Å². The Balaban J connectivity index is 2.72. The first-order valence-corrected chi connectivity index (χ1v) is 6.03. The molecule has 0 aliphatic rings. The zero-order chi connectivity index (χ0) is 15.2. The van der Waals surface area contributed by atoms with E-state index in [0.717, 1.165) is 0 Å². The average Bonchev–Trinajstić information content (AvgIpc) is 2.36. The van der Waals surface area contributed by atoms with E-state index in [1.165, 1.54) is 13.3 Å². The van der Waals surface area contributed by atoms with Crippen LogP contribution in [0.15, 0.2) is 29.4 Å². The Morgan fingerprint density at radius 2 is 1.90 bits per heavy atom. The molecule has 1 rings (SSSR count). The molecule has 108 valence electrons. The summed E-state index contributed by atoms with van der Waals surface area (Å²) in [7, 11) is 1.30. The van der Waals surface area contributed by atoms with Crippen LogP contribution in [0.2, 0.25) is 0 Å². The van der Waals surface area contributed by atoms with Gasteiger partial charge < -0.3 is 9.47 Å². The summed E-state index contributed by atoms with van der Waals surface area (Å²) in [4.78, 5) is 22.9. The topological polar surface area (TPSA) is 77.0 Å². The molecule has 6 nitrogen and oxygen atoms in total. The van der Waals surface area contributed by atoms with Gasteiger partial charge in [-0.15, -0.1) is 0 Å². The Kier molecular flexibility index (Phi) is 5.25. The van der Waals surface area contributed by atoms with Crippen molar-refractivity contribution < 1.29 is 19.1 Å². The second kappa shape index (κ2) is 6.70. The molecule has 0 heterocycles. The van der Waals surface area contributed by atoms with E-state index in [4.69, 9.17) is 4.74 Å². The lowest BCUT2D eigenvalue weighted by Crippen LogP contribution is -2.29. The van der Waals surface area contributed by atoms with Gasteiger partial charge in [0.2, 0.25) is 0 Å². The predicted molar refractivity (Wildman–Crippen MR) is 74.7 cm³/mol. The highest BCUT2D eigenvalue weighted by Crippen LogP contribution is 2.08. The lowest BCUT2D eigenvalue weighted by atomic mass is 10.1. The van der Waals surface area contributed by atoms with Crippen LogP contribution >= 0.6 is 0 Å². The highest BCUT2D eigenvalue weighted by molar-refractivity contribution is 5.99. The van der Waals surface area contributed by atoms with Crippen molar-refractivity contribution in [2.45, 2.75) is 26.4 Å². The number of benzene rings is 1. The molecule has 0 fully saturated rings. The van der Waals surface area contributed by atoms with E-state index in [1.54, 1.807) is 45.0 Å². The number of carbonyl (C=O) groups is 2. The standard InChI is InChI=1S/C14H18N2O4/c1-14(2,3)20-13(18)16-15-9-10-7-5-6-8-11(10)12(17)19-4/h5-9H,1-4H3,(H,16,18)/b15-9-. The summed E-state index contributed by atoms with van der Waals surface area (Å²) < 4.78 is 9.68. The number of nitrogens with one attached hydrogen (secondary N) is 1. The van der Waals surface area contributed by atoms with Crippen molar-refractivity contribution in [3.63, 3.8) is 0 Å². The zero-order valence-electron chi connectivity index (χ0n) is 12.0. The van der Waals surface area contributed by atoms with Crippen LogP contribution in [0.3, 0.4) is 0 Å². The smallest absolute Gasteiger partial charge is 0.428 e. The average molecular weight is 278 g/mol. The number of methoxy groups -OCH3 is 1. The third kappa shape index (κ3) is 5.09. The van der Waals surface area contributed by atoms with Crippen molar-refractivity contribution >= 4 is 18.3 Å². The van der Waals surface area contributed by atoms with Crippen LogP contribution in [0.5, 0.6) is 0 Å². The van der Waals surface area contributed by atoms with Gasteiger partial charge in [-0.2, -0.15) is 5.10 Å². The Bertz CT molecular complexity index is 518. The molecule has 0 saturated heterocycles. The molecule has 0 radical (unpaired) electrons. The Hall–Kier alpha value is -2.37. The van der Waals surface area contributed by atoms with Gasteiger partial charge in [0.15, 0.2) is 0 Å². The van der Waals surface area contributed by atoms with Crippen LogP contribution in [0, 0.1) is 0 Å². The fourth-order valence-electron chi connectivity index (χ4n) is 1.36. The van der Waals surface area contributed by atoms with Gasteiger partial charge in [-0.25, -0.2) is 15.0 Å². The van der Waals surface area contributed by atoms with Gasteiger partial charge in [-0.05, 0) is 26.8 Å². The molecule has 0 aliphatic carbocycles. The Morgan fingerprint density at radius 3 is 2.50 bits per heavy atom. The first-order valence-electron chi connectivity index (χ1n) is 6.03. The van der Waals surface area contributed by atoms with Crippen LogP contribution in [-0.4, -0.2) is 31.0 Å². The Morgan fingerprint density at radius 1 is 1.25 bits per heavy atom. The van der Waals surface area contributed by atoms with Gasteiger partial charge in [-0.1, -0.05) is 18.2 Å². The van der Waals surface area contributed by atoms with Crippen LogP contribution in [0.25, 0.3) is 0 Å². The van der Waals surface area contributed by atoms with Crippen molar-refractivity contribution in [2.24, 2.45) is 5.10 Å². The molecular weight excluding hydrogens is 260 g/mol. The number of ether oxygens (including phenoxy) is 2. The maximum Gasteiger partial charge on any atom is 0.428 e. The van der Waals surface area contributed by atoms with E-state index in [9.17, 15) is 9.59 Å². The zero-order valence-corrected chi connectivity index (χ0v) is 12.0. The minimum absolute atomic E-state index is 0.365. The fraction of sp³-hybridized carbons (Fsp3) is 0.357. The van der Waals surface area contributed by atoms with Gasteiger partial charge in [0.05, 0.1) is 18.9 Å². The molecule has 0 aromatic heterocycles. The molecule has 1 aromatic carbocycles. The van der Waals surface area contributed by atoms with E-state index in [0.29, 0.717) is 11.1 Å². The summed E-state index contributed by atoms with van der Waals surface area (Å²) >= 11 is 0. The minimum atomic E-state index is -0.663. The molecule has 1 aromatic rings. The maximum absolute atomic E-state index is 11.5. The quantitative estimate of drug-likeness (QED) is 0.523. The van der Waals surface area contributed by atoms with Crippen molar-refractivity contribution in [1.82, 2.24) is 5.43 Å². The van der Waals surface area contributed by atoms with Crippen LogP contribution in [0.4, 0.5) is 4.79 Å². The second-order valence-electron chi connectivity index (χ2n) is 4.95. The Labute approximate surface area is 117 Å². The molecular formula is C14H18N2O4. The number of esters is 1. The normalized spacial score (nSPS) is 11.2. The fourth-order valence-corrected chi connectivity index (χ4v) is 1.36. The van der Waals surface area contributed by atoms with E-state index in [1.807, 2.05) is 0 Å². The van der Waals surface area contributed by atoms with Crippen molar-refractivity contribution in [1.29, 1.82) is 0 Å². The third-order valence-corrected chi connectivity index (χ3v) is 2.12. The summed E-state index contributed by atoms with van der Waals surface area (Å²) in [6, 6.07) is 6.76. The first kappa shape index (κ1) is 15.7. The van der Waals surface area contributed by atoms with Crippen LogP contribution in [-0.2, 0) is 9.47 Å². The number of hydrogen-bond donors (Lipinski definition) is 1. The number of rotatable bonds is 3. The summed E-state index contributed by atoms with van der Waals surface area (Å²) in [5.41, 5.74) is 2.54. The number of carbonyl (C=O) groups excluding carboxylic acids is 2. The summed E-state index contributed by atoms with van der Waals surface area (Å²) in [6.45, 7) is 5.26. The molecule has 0 saturated carbocycles. The van der Waals surface area contributed by atoms with Crippen LogP contribution in [0.1, 0.15) is 36.7 Å². The SMILES string of the molecule is COC(=O)c1ccccc1/C=N\NC(=O)OC(C)(C)C. The summed E-state index contributed by atoms with van der Waals surface area (Å²) in [5.74, 6) is -0.468. The van der Waals surface area contributed by atoms with Crippen molar-refractivity contribution in [2.75, 3.05) is 7.11 Å². The highest BCUT2D eigenvalue weighted by atomic mass is 16.6. The molecule has 6 heteroatoms.